The minimum atomic E-state index is -3.43. The molecule has 1 spiro atoms. The molecule has 0 aromatic rings. The van der Waals surface area contributed by atoms with Gasteiger partial charge >= 0.3 is 0 Å². The maximum atomic E-state index is 12.7. The molecule has 3 aliphatic rings. The minimum Gasteiger partial charge on any atom is -0.380 e. The quantitative estimate of drug-likeness (QED) is 0.795. The molecule has 1 amide bonds. The molecular formula is C16H28N2O5S. The fourth-order valence-electron chi connectivity index (χ4n) is 4.36. The highest BCUT2D eigenvalue weighted by molar-refractivity contribution is 7.88. The molecular weight excluding hydrogens is 332 g/mol. The number of methoxy groups -OCH3 is 1. The lowest BCUT2D eigenvalue weighted by Gasteiger charge is -2.39. The van der Waals surface area contributed by atoms with Crippen LogP contribution in [-0.4, -0.2) is 68.9 Å². The molecule has 2 saturated heterocycles. The number of rotatable bonds is 4. The van der Waals surface area contributed by atoms with Crippen LogP contribution in [-0.2, 0) is 24.3 Å². The molecule has 1 saturated carbocycles. The van der Waals surface area contributed by atoms with Gasteiger partial charge in [-0.15, -0.1) is 0 Å². The Morgan fingerprint density at radius 3 is 2.67 bits per heavy atom. The summed E-state index contributed by atoms with van der Waals surface area (Å²) in [5, 5.41) is 3.08. The molecule has 3 fully saturated rings. The predicted octanol–water partition coefficient (Wildman–Crippen LogP) is 0.643. The van der Waals surface area contributed by atoms with Gasteiger partial charge in [0.2, 0.25) is 15.9 Å². The third kappa shape index (κ3) is 3.76. The monoisotopic (exact) mass is 360 g/mol. The molecule has 2 aliphatic heterocycles. The summed E-state index contributed by atoms with van der Waals surface area (Å²) in [6.45, 7) is 0.900. The maximum absolute atomic E-state index is 12.7. The Bertz CT molecular complexity index is 573. The van der Waals surface area contributed by atoms with Crippen LogP contribution in [0.2, 0.25) is 0 Å². The van der Waals surface area contributed by atoms with Gasteiger partial charge in [-0.25, -0.2) is 8.42 Å². The zero-order valence-corrected chi connectivity index (χ0v) is 15.3. The highest BCUT2D eigenvalue weighted by Crippen LogP contribution is 2.40. The number of carbonyl (C=O) groups is 1. The highest BCUT2D eigenvalue weighted by atomic mass is 32.2. The van der Waals surface area contributed by atoms with Gasteiger partial charge in [-0.1, -0.05) is 12.8 Å². The highest BCUT2D eigenvalue weighted by Gasteiger charge is 2.44. The van der Waals surface area contributed by atoms with Crippen molar-refractivity contribution >= 4 is 15.9 Å². The van der Waals surface area contributed by atoms with E-state index in [0.717, 1.165) is 31.9 Å². The second-order valence-electron chi connectivity index (χ2n) is 7.38. The van der Waals surface area contributed by atoms with E-state index >= 15 is 0 Å². The first-order valence-electron chi connectivity index (χ1n) is 8.77. The van der Waals surface area contributed by atoms with Crippen LogP contribution in [0.5, 0.6) is 0 Å². The van der Waals surface area contributed by atoms with Gasteiger partial charge in [0.1, 0.15) is 6.04 Å². The molecule has 3 rings (SSSR count). The van der Waals surface area contributed by atoms with E-state index in [4.69, 9.17) is 9.47 Å². The van der Waals surface area contributed by atoms with E-state index < -0.39 is 16.1 Å². The van der Waals surface area contributed by atoms with Crippen molar-refractivity contribution in [1.29, 1.82) is 0 Å². The van der Waals surface area contributed by atoms with E-state index in [1.54, 1.807) is 7.11 Å². The molecule has 1 N–H and O–H groups in total. The molecule has 24 heavy (non-hydrogen) atoms. The first-order valence-corrected chi connectivity index (χ1v) is 10.6. The fourth-order valence-corrected chi connectivity index (χ4v) is 5.44. The molecule has 0 aromatic heterocycles. The van der Waals surface area contributed by atoms with Crippen LogP contribution < -0.4 is 5.32 Å². The van der Waals surface area contributed by atoms with Gasteiger partial charge in [-0.3, -0.25) is 4.79 Å². The van der Waals surface area contributed by atoms with Crippen molar-refractivity contribution in [3.05, 3.63) is 0 Å². The zero-order chi connectivity index (χ0) is 17.4. The molecule has 138 valence electrons. The largest absolute Gasteiger partial charge is 0.380 e. The van der Waals surface area contributed by atoms with Crippen LogP contribution in [0.25, 0.3) is 0 Å². The van der Waals surface area contributed by atoms with Gasteiger partial charge in [-0.05, 0) is 25.7 Å². The number of hydrogen-bond acceptors (Lipinski definition) is 5. The first kappa shape index (κ1) is 18.1. The first-order chi connectivity index (χ1) is 11.3. The normalized spacial score (nSPS) is 33.8. The third-order valence-electron chi connectivity index (χ3n) is 5.63. The number of nitrogens with one attached hydrogen (secondary N) is 1. The lowest BCUT2D eigenvalue weighted by Crippen LogP contribution is -2.52. The van der Waals surface area contributed by atoms with E-state index in [0.29, 0.717) is 13.0 Å². The summed E-state index contributed by atoms with van der Waals surface area (Å²) in [4.78, 5) is 12.7. The van der Waals surface area contributed by atoms with Gasteiger partial charge in [-0.2, -0.15) is 4.31 Å². The Labute approximate surface area is 144 Å². The fraction of sp³-hybridized carbons (Fsp3) is 0.938. The van der Waals surface area contributed by atoms with Crippen molar-refractivity contribution in [1.82, 2.24) is 9.62 Å². The number of hydrogen-bond donors (Lipinski definition) is 1. The summed E-state index contributed by atoms with van der Waals surface area (Å²) < 4.78 is 36.5. The molecule has 3 atom stereocenters. The number of ether oxygens (including phenoxy) is 2. The molecule has 0 aromatic carbocycles. The van der Waals surface area contributed by atoms with Crippen LogP contribution in [0.15, 0.2) is 0 Å². The predicted molar refractivity (Wildman–Crippen MR) is 89.1 cm³/mol. The van der Waals surface area contributed by atoms with E-state index in [2.05, 4.69) is 5.32 Å². The average Bonchev–Trinajstić information content (AvgIpc) is 3.14. The molecule has 1 aliphatic carbocycles. The summed E-state index contributed by atoms with van der Waals surface area (Å²) >= 11 is 0. The maximum Gasteiger partial charge on any atom is 0.238 e. The number of sulfonamides is 1. The third-order valence-corrected chi connectivity index (χ3v) is 6.89. The van der Waals surface area contributed by atoms with Crippen LogP contribution in [0.4, 0.5) is 0 Å². The van der Waals surface area contributed by atoms with Crippen LogP contribution in [0.3, 0.4) is 0 Å². The smallest absolute Gasteiger partial charge is 0.238 e. The van der Waals surface area contributed by atoms with E-state index in [1.165, 1.54) is 17.1 Å². The molecule has 7 nitrogen and oxygen atoms in total. The Hall–Kier alpha value is -0.700. The zero-order valence-electron chi connectivity index (χ0n) is 14.5. The van der Waals surface area contributed by atoms with Gasteiger partial charge in [0.05, 0.1) is 18.0 Å². The minimum absolute atomic E-state index is 0.0624. The molecule has 8 heteroatoms. The number of nitrogens with zero attached hydrogens (tertiary/aromatic N) is 1. The SMILES string of the molecule is CO[C@H]1C[C@H](C(=O)NC2CCOC3(CCCC3)C2)N(S(C)(=O)=O)C1. The topological polar surface area (TPSA) is 84.9 Å². The van der Waals surface area contributed by atoms with Crippen LogP contribution >= 0.6 is 0 Å². The van der Waals surface area contributed by atoms with E-state index in [1.807, 2.05) is 0 Å². The second-order valence-corrected chi connectivity index (χ2v) is 9.31. The summed E-state index contributed by atoms with van der Waals surface area (Å²) in [5.74, 6) is -0.208. The van der Waals surface area contributed by atoms with Gasteiger partial charge in [0, 0.05) is 32.7 Å². The van der Waals surface area contributed by atoms with Crippen LogP contribution in [0, 0.1) is 0 Å². The van der Waals surface area contributed by atoms with Crippen molar-refractivity contribution < 1.29 is 22.7 Å². The molecule has 0 radical (unpaired) electrons. The van der Waals surface area contributed by atoms with E-state index in [-0.39, 0.29) is 30.2 Å². The summed E-state index contributed by atoms with van der Waals surface area (Å²) in [7, 11) is -1.89. The average molecular weight is 360 g/mol. The van der Waals surface area contributed by atoms with Gasteiger partial charge in [0.15, 0.2) is 0 Å². The Morgan fingerprint density at radius 1 is 1.33 bits per heavy atom. The van der Waals surface area contributed by atoms with Gasteiger partial charge < -0.3 is 14.8 Å². The van der Waals surface area contributed by atoms with Crippen molar-refractivity contribution in [2.75, 3.05) is 26.5 Å². The molecule has 2 heterocycles. The van der Waals surface area contributed by atoms with Crippen molar-refractivity contribution in [2.45, 2.75) is 68.7 Å². The van der Waals surface area contributed by atoms with Crippen molar-refractivity contribution in [3.63, 3.8) is 0 Å². The van der Waals surface area contributed by atoms with Crippen LogP contribution in [0.1, 0.15) is 44.9 Å². The Balaban J connectivity index is 1.65. The number of carbonyl (C=O) groups excluding carboxylic acids is 1. The van der Waals surface area contributed by atoms with Crippen molar-refractivity contribution in [3.8, 4) is 0 Å². The summed E-state index contributed by atoms with van der Waals surface area (Å²) in [6.07, 6.45) is 7.42. The lowest BCUT2D eigenvalue weighted by atomic mass is 9.89. The molecule has 0 bridgehead atoms. The standard InChI is InChI=1S/C16H28N2O5S/c1-22-13-9-14(18(11-13)24(2,20)21)15(19)17-12-5-8-23-16(10-12)6-3-4-7-16/h12-14H,3-11H2,1-2H3,(H,17,19)/t12?,13-,14+/m0/s1. The van der Waals surface area contributed by atoms with E-state index in [9.17, 15) is 13.2 Å². The number of amides is 1. The lowest BCUT2D eigenvalue weighted by molar-refractivity contribution is -0.128. The van der Waals surface area contributed by atoms with Crippen molar-refractivity contribution in [2.24, 2.45) is 0 Å². The molecule has 1 unspecified atom stereocenters. The second kappa shape index (κ2) is 6.90. The Morgan fingerprint density at radius 2 is 2.04 bits per heavy atom. The summed E-state index contributed by atoms with van der Waals surface area (Å²) in [6, 6.07) is -0.611. The Kier molecular flexibility index (Phi) is 5.20. The van der Waals surface area contributed by atoms with Gasteiger partial charge in [0.25, 0.3) is 0 Å². The summed E-state index contributed by atoms with van der Waals surface area (Å²) in [5.41, 5.74) is -0.0720.